The average molecular weight is 452 g/mol. The van der Waals surface area contributed by atoms with Gasteiger partial charge < -0.3 is 4.74 Å². The standard InChI is InChI=1S/C23H18BrNO4/c1-29-20(26)7-2-4-14-8-10-15(11-9-14)25-22(27)17-6-3-5-16-19(24)13-12-18(21(16)17)23(25)28/h3,5-6,8-13H,2,4,7H2,1H3. The van der Waals surface area contributed by atoms with Crippen molar-refractivity contribution in [3.8, 4) is 0 Å². The van der Waals surface area contributed by atoms with E-state index in [4.69, 9.17) is 0 Å². The SMILES string of the molecule is COC(=O)CCCc1ccc(N2C(=O)c3cccc4c(Br)ccc(c34)C2=O)cc1. The third-order valence-electron chi connectivity index (χ3n) is 5.12. The predicted molar refractivity (Wildman–Crippen MR) is 114 cm³/mol. The van der Waals surface area contributed by atoms with Crippen LogP contribution < -0.4 is 4.90 Å². The molecule has 0 fully saturated rings. The number of halogens is 1. The van der Waals surface area contributed by atoms with E-state index in [1.54, 1.807) is 24.3 Å². The summed E-state index contributed by atoms with van der Waals surface area (Å²) in [6.07, 6.45) is 1.75. The van der Waals surface area contributed by atoms with Crippen molar-refractivity contribution in [3.05, 3.63) is 75.8 Å². The van der Waals surface area contributed by atoms with Gasteiger partial charge in [-0.25, -0.2) is 4.90 Å². The third-order valence-corrected chi connectivity index (χ3v) is 5.81. The van der Waals surface area contributed by atoms with Gasteiger partial charge in [-0.05, 0) is 54.1 Å². The molecule has 0 unspecified atom stereocenters. The summed E-state index contributed by atoms with van der Waals surface area (Å²) < 4.78 is 5.50. The highest BCUT2D eigenvalue weighted by Crippen LogP contribution is 2.36. The third kappa shape index (κ3) is 3.44. The van der Waals surface area contributed by atoms with E-state index in [2.05, 4.69) is 20.7 Å². The summed E-state index contributed by atoms with van der Waals surface area (Å²) in [4.78, 5) is 38.7. The molecule has 0 saturated heterocycles. The Labute approximate surface area is 176 Å². The number of hydrogen-bond donors (Lipinski definition) is 0. The molecule has 1 aliphatic heterocycles. The molecule has 0 aromatic heterocycles. The van der Waals surface area contributed by atoms with E-state index in [0.29, 0.717) is 41.5 Å². The Morgan fingerprint density at radius 3 is 2.34 bits per heavy atom. The van der Waals surface area contributed by atoms with E-state index in [1.165, 1.54) is 12.0 Å². The molecule has 0 spiro atoms. The summed E-state index contributed by atoms with van der Waals surface area (Å²) in [5.74, 6) is -0.889. The summed E-state index contributed by atoms with van der Waals surface area (Å²) in [6, 6.07) is 16.3. The number of benzene rings is 3. The van der Waals surface area contributed by atoms with Crippen LogP contribution in [0.25, 0.3) is 10.8 Å². The molecular formula is C23H18BrNO4. The number of nitrogens with zero attached hydrogens (tertiary/aromatic N) is 1. The van der Waals surface area contributed by atoms with Crippen LogP contribution in [0.2, 0.25) is 0 Å². The van der Waals surface area contributed by atoms with Crippen LogP contribution in [0.4, 0.5) is 5.69 Å². The van der Waals surface area contributed by atoms with Gasteiger partial charge in [0.15, 0.2) is 0 Å². The Bertz CT molecular complexity index is 1120. The zero-order chi connectivity index (χ0) is 20.5. The van der Waals surface area contributed by atoms with Crippen LogP contribution in [-0.2, 0) is 16.0 Å². The number of carbonyl (C=O) groups excluding carboxylic acids is 3. The normalized spacial score (nSPS) is 13.1. The number of ether oxygens (including phenoxy) is 1. The van der Waals surface area contributed by atoms with Gasteiger partial charge in [0.1, 0.15) is 0 Å². The molecule has 3 aromatic rings. The van der Waals surface area contributed by atoms with Crippen LogP contribution in [0.15, 0.2) is 59.1 Å². The van der Waals surface area contributed by atoms with Gasteiger partial charge in [-0.1, -0.05) is 40.2 Å². The number of rotatable bonds is 5. The minimum Gasteiger partial charge on any atom is -0.469 e. The Hall–Kier alpha value is -2.99. The van der Waals surface area contributed by atoms with Crippen LogP contribution in [0.5, 0.6) is 0 Å². The minimum atomic E-state index is -0.329. The molecule has 146 valence electrons. The number of carbonyl (C=O) groups is 3. The van der Waals surface area contributed by atoms with Crippen LogP contribution in [0.1, 0.15) is 39.1 Å². The first-order valence-corrected chi connectivity index (χ1v) is 10.1. The molecule has 0 aliphatic carbocycles. The van der Waals surface area contributed by atoms with Crippen LogP contribution in [0.3, 0.4) is 0 Å². The first-order valence-electron chi connectivity index (χ1n) is 9.27. The molecular weight excluding hydrogens is 434 g/mol. The molecule has 5 nitrogen and oxygen atoms in total. The molecule has 4 rings (SSSR count). The molecule has 0 atom stereocenters. The fraction of sp³-hybridized carbons (Fsp3) is 0.174. The summed E-state index contributed by atoms with van der Waals surface area (Å²) in [7, 11) is 1.38. The number of hydrogen-bond acceptors (Lipinski definition) is 4. The van der Waals surface area contributed by atoms with Gasteiger partial charge in [0.05, 0.1) is 12.8 Å². The lowest BCUT2D eigenvalue weighted by Gasteiger charge is -2.27. The maximum absolute atomic E-state index is 13.1. The molecule has 1 heterocycles. The maximum Gasteiger partial charge on any atom is 0.305 e. The number of methoxy groups -OCH3 is 1. The molecule has 2 amide bonds. The highest BCUT2D eigenvalue weighted by Gasteiger charge is 2.34. The van der Waals surface area contributed by atoms with Crippen LogP contribution in [0, 0.1) is 0 Å². The van der Waals surface area contributed by atoms with Crippen molar-refractivity contribution in [1.82, 2.24) is 0 Å². The van der Waals surface area contributed by atoms with Gasteiger partial charge in [0.2, 0.25) is 0 Å². The quantitative estimate of drug-likeness (QED) is 0.408. The second-order valence-corrected chi connectivity index (χ2v) is 7.72. The number of esters is 1. The van der Waals surface area contributed by atoms with Gasteiger partial charge in [-0.3, -0.25) is 14.4 Å². The van der Waals surface area contributed by atoms with E-state index in [9.17, 15) is 14.4 Å². The second-order valence-electron chi connectivity index (χ2n) is 6.86. The highest BCUT2D eigenvalue weighted by atomic mass is 79.9. The first-order chi connectivity index (χ1) is 14.0. The number of anilines is 1. The van der Waals surface area contributed by atoms with Crippen molar-refractivity contribution in [3.63, 3.8) is 0 Å². The largest absolute Gasteiger partial charge is 0.469 e. The monoisotopic (exact) mass is 451 g/mol. The molecule has 6 heteroatoms. The summed E-state index contributed by atoms with van der Waals surface area (Å²) in [6.45, 7) is 0. The Morgan fingerprint density at radius 1 is 0.966 bits per heavy atom. The molecule has 0 N–H and O–H groups in total. The molecule has 0 radical (unpaired) electrons. The van der Waals surface area contributed by atoms with Gasteiger partial charge in [0, 0.05) is 27.4 Å². The summed E-state index contributed by atoms with van der Waals surface area (Å²) >= 11 is 3.50. The Balaban J connectivity index is 1.63. The summed E-state index contributed by atoms with van der Waals surface area (Å²) in [5, 5.41) is 1.54. The van der Waals surface area contributed by atoms with Crippen molar-refractivity contribution in [1.29, 1.82) is 0 Å². The lowest BCUT2D eigenvalue weighted by molar-refractivity contribution is -0.140. The van der Waals surface area contributed by atoms with Crippen molar-refractivity contribution in [2.24, 2.45) is 0 Å². The van der Waals surface area contributed by atoms with Crippen molar-refractivity contribution in [2.75, 3.05) is 12.0 Å². The van der Waals surface area contributed by atoms with Crippen molar-refractivity contribution >= 4 is 50.2 Å². The van der Waals surface area contributed by atoms with Crippen LogP contribution in [-0.4, -0.2) is 24.9 Å². The topological polar surface area (TPSA) is 63.7 Å². The second kappa shape index (κ2) is 7.79. The van der Waals surface area contributed by atoms with E-state index < -0.39 is 0 Å². The Kier molecular flexibility index (Phi) is 5.20. The van der Waals surface area contributed by atoms with E-state index in [-0.39, 0.29) is 17.8 Å². The van der Waals surface area contributed by atoms with Crippen molar-refractivity contribution < 1.29 is 19.1 Å². The zero-order valence-electron chi connectivity index (χ0n) is 15.8. The van der Waals surface area contributed by atoms with Crippen LogP contribution >= 0.6 is 15.9 Å². The van der Waals surface area contributed by atoms with Gasteiger partial charge in [-0.2, -0.15) is 0 Å². The molecule has 0 saturated carbocycles. The number of amides is 2. The highest BCUT2D eigenvalue weighted by molar-refractivity contribution is 9.10. The number of aryl methyl sites for hydroxylation is 1. The zero-order valence-corrected chi connectivity index (χ0v) is 17.4. The van der Waals surface area contributed by atoms with Gasteiger partial charge in [0.25, 0.3) is 11.8 Å². The van der Waals surface area contributed by atoms with Crippen molar-refractivity contribution in [2.45, 2.75) is 19.3 Å². The molecule has 0 bridgehead atoms. The van der Waals surface area contributed by atoms with Gasteiger partial charge >= 0.3 is 5.97 Å². The van der Waals surface area contributed by atoms with E-state index in [0.717, 1.165) is 15.4 Å². The summed E-state index contributed by atoms with van der Waals surface area (Å²) in [5.41, 5.74) is 2.59. The fourth-order valence-corrected chi connectivity index (χ4v) is 4.11. The lowest BCUT2D eigenvalue weighted by Crippen LogP contribution is -2.40. The maximum atomic E-state index is 13.1. The molecule has 3 aromatic carbocycles. The Morgan fingerprint density at radius 2 is 1.66 bits per heavy atom. The minimum absolute atomic E-state index is 0.231. The average Bonchev–Trinajstić information content (AvgIpc) is 2.74. The van der Waals surface area contributed by atoms with Gasteiger partial charge in [-0.15, -0.1) is 0 Å². The molecule has 1 aliphatic rings. The first kappa shape index (κ1) is 19.3. The fourth-order valence-electron chi connectivity index (χ4n) is 3.65. The van der Waals surface area contributed by atoms with E-state index in [1.807, 2.05) is 30.3 Å². The van der Waals surface area contributed by atoms with E-state index >= 15 is 0 Å². The lowest BCUT2D eigenvalue weighted by atomic mass is 9.93. The smallest absolute Gasteiger partial charge is 0.305 e. The predicted octanol–water partition coefficient (Wildman–Crippen LogP) is 4.90. The number of imide groups is 1. The molecule has 29 heavy (non-hydrogen) atoms.